The highest BCUT2D eigenvalue weighted by atomic mass is 19.4. The number of halogens is 4. The molecule has 0 spiro atoms. The molecular formula is C12H15F4NO. The van der Waals surface area contributed by atoms with Crippen molar-refractivity contribution in [1.82, 2.24) is 0 Å². The first kappa shape index (κ1) is 14.8. The molecule has 0 bridgehead atoms. The normalized spacial score (nSPS) is 11.6. The van der Waals surface area contributed by atoms with E-state index < -0.39 is 17.6 Å². The summed E-state index contributed by atoms with van der Waals surface area (Å²) in [5, 5.41) is 2.63. The van der Waals surface area contributed by atoms with Crippen LogP contribution in [0, 0.1) is 5.82 Å². The largest absolute Gasteiger partial charge is 0.416 e. The van der Waals surface area contributed by atoms with E-state index >= 15 is 0 Å². The molecule has 1 rings (SSSR count). The fraction of sp³-hybridized carbons (Fsp3) is 0.500. The van der Waals surface area contributed by atoms with E-state index in [-0.39, 0.29) is 5.69 Å². The van der Waals surface area contributed by atoms with Crippen molar-refractivity contribution in [3.63, 3.8) is 0 Å². The summed E-state index contributed by atoms with van der Waals surface area (Å²) >= 11 is 0. The van der Waals surface area contributed by atoms with Crippen molar-refractivity contribution in [2.24, 2.45) is 0 Å². The highest BCUT2D eigenvalue weighted by Gasteiger charge is 2.31. The molecule has 0 aromatic heterocycles. The van der Waals surface area contributed by atoms with Gasteiger partial charge in [0.15, 0.2) is 0 Å². The Bertz CT molecular complexity index is 379. The molecule has 0 unspecified atom stereocenters. The fourth-order valence-electron chi connectivity index (χ4n) is 1.38. The highest BCUT2D eigenvalue weighted by molar-refractivity contribution is 5.47. The number of hydrogen-bond acceptors (Lipinski definition) is 2. The van der Waals surface area contributed by atoms with E-state index in [9.17, 15) is 17.6 Å². The Morgan fingerprint density at radius 2 is 2.00 bits per heavy atom. The first-order valence-electron chi connectivity index (χ1n) is 5.63. The molecular weight excluding hydrogens is 250 g/mol. The Morgan fingerprint density at radius 3 is 2.61 bits per heavy atom. The third kappa shape index (κ3) is 4.52. The van der Waals surface area contributed by atoms with Gasteiger partial charge in [0.25, 0.3) is 0 Å². The van der Waals surface area contributed by atoms with Gasteiger partial charge >= 0.3 is 6.18 Å². The Labute approximate surface area is 103 Å². The van der Waals surface area contributed by atoms with Gasteiger partial charge < -0.3 is 10.1 Å². The molecule has 0 aliphatic rings. The van der Waals surface area contributed by atoms with Gasteiger partial charge in [-0.1, -0.05) is 0 Å². The number of rotatable bonds is 6. The number of nitrogens with one attached hydrogen (secondary N) is 1. The summed E-state index contributed by atoms with van der Waals surface area (Å²) < 4.78 is 55.6. The lowest BCUT2D eigenvalue weighted by atomic mass is 10.2. The number of ether oxygens (including phenoxy) is 1. The molecule has 1 aromatic rings. The second kappa shape index (κ2) is 6.58. The third-order valence-corrected chi connectivity index (χ3v) is 2.28. The van der Waals surface area contributed by atoms with Crippen LogP contribution in [0.4, 0.5) is 23.2 Å². The molecule has 0 aliphatic heterocycles. The minimum Gasteiger partial charge on any atom is -0.383 e. The van der Waals surface area contributed by atoms with Gasteiger partial charge in [0.2, 0.25) is 0 Å². The van der Waals surface area contributed by atoms with Crippen molar-refractivity contribution in [2.75, 3.05) is 25.1 Å². The minimum absolute atomic E-state index is 0.138. The molecule has 0 saturated carbocycles. The fourth-order valence-corrected chi connectivity index (χ4v) is 1.38. The second-order valence-electron chi connectivity index (χ2n) is 3.67. The number of alkyl halides is 3. The van der Waals surface area contributed by atoms with Crippen LogP contribution in [0.1, 0.15) is 18.9 Å². The van der Waals surface area contributed by atoms with Gasteiger partial charge in [0.05, 0.1) is 11.3 Å². The SMILES string of the molecule is CCOCCCNc1cc(C(F)(F)F)ccc1F. The number of anilines is 1. The van der Waals surface area contributed by atoms with E-state index in [1.165, 1.54) is 0 Å². The van der Waals surface area contributed by atoms with Crippen LogP contribution in [0.5, 0.6) is 0 Å². The van der Waals surface area contributed by atoms with E-state index in [1.54, 1.807) is 0 Å². The summed E-state index contributed by atoms with van der Waals surface area (Å²) in [5.41, 5.74) is -1.00. The van der Waals surface area contributed by atoms with Gasteiger partial charge in [-0.3, -0.25) is 0 Å². The summed E-state index contributed by atoms with van der Waals surface area (Å²) in [6.07, 6.45) is -3.86. The maximum absolute atomic E-state index is 13.3. The Morgan fingerprint density at radius 1 is 1.28 bits per heavy atom. The molecule has 6 heteroatoms. The predicted molar refractivity (Wildman–Crippen MR) is 61.0 cm³/mol. The van der Waals surface area contributed by atoms with Crippen molar-refractivity contribution in [3.05, 3.63) is 29.6 Å². The van der Waals surface area contributed by atoms with E-state index in [4.69, 9.17) is 4.74 Å². The third-order valence-electron chi connectivity index (χ3n) is 2.28. The molecule has 0 fully saturated rings. The average molecular weight is 265 g/mol. The average Bonchev–Trinajstić information content (AvgIpc) is 2.29. The maximum atomic E-state index is 13.3. The first-order valence-corrected chi connectivity index (χ1v) is 5.63. The molecule has 1 N–H and O–H groups in total. The van der Waals surface area contributed by atoms with Crippen molar-refractivity contribution >= 4 is 5.69 Å². The quantitative estimate of drug-likeness (QED) is 0.625. The van der Waals surface area contributed by atoms with Crippen LogP contribution in [0.2, 0.25) is 0 Å². The van der Waals surface area contributed by atoms with E-state index in [0.717, 1.165) is 18.2 Å². The zero-order chi connectivity index (χ0) is 13.6. The van der Waals surface area contributed by atoms with Gasteiger partial charge in [-0.05, 0) is 31.5 Å². The second-order valence-corrected chi connectivity index (χ2v) is 3.67. The van der Waals surface area contributed by atoms with Crippen molar-refractivity contribution in [1.29, 1.82) is 0 Å². The molecule has 18 heavy (non-hydrogen) atoms. The van der Waals surface area contributed by atoms with Crippen LogP contribution in [0.3, 0.4) is 0 Å². The van der Waals surface area contributed by atoms with Gasteiger partial charge in [-0.15, -0.1) is 0 Å². The summed E-state index contributed by atoms with van der Waals surface area (Å²) in [4.78, 5) is 0. The Kier molecular flexibility index (Phi) is 5.40. The zero-order valence-corrected chi connectivity index (χ0v) is 9.98. The van der Waals surface area contributed by atoms with Crippen LogP contribution < -0.4 is 5.32 Å². The van der Waals surface area contributed by atoms with Gasteiger partial charge in [-0.2, -0.15) is 13.2 Å². The summed E-state index contributed by atoms with van der Waals surface area (Å²) in [6.45, 7) is 3.28. The molecule has 0 radical (unpaired) electrons. The standard InChI is InChI=1S/C12H15F4NO/c1-2-18-7-3-6-17-11-8-9(12(14,15)16)4-5-10(11)13/h4-5,8,17H,2-3,6-7H2,1H3. The van der Waals surface area contributed by atoms with E-state index in [0.29, 0.717) is 26.2 Å². The molecule has 1 aromatic carbocycles. The predicted octanol–water partition coefficient (Wildman–Crippen LogP) is 3.68. The summed E-state index contributed by atoms with van der Waals surface area (Å²) in [5.74, 6) is -0.695. The highest BCUT2D eigenvalue weighted by Crippen LogP contribution is 2.31. The molecule has 2 nitrogen and oxygen atoms in total. The van der Waals surface area contributed by atoms with Crippen molar-refractivity contribution in [2.45, 2.75) is 19.5 Å². The van der Waals surface area contributed by atoms with E-state index in [1.807, 2.05) is 6.92 Å². The van der Waals surface area contributed by atoms with Crippen LogP contribution in [-0.4, -0.2) is 19.8 Å². The van der Waals surface area contributed by atoms with Gasteiger partial charge in [-0.25, -0.2) is 4.39 Å². The molecule has 0 saturated heterocycles. The lowest BCUT2D eigenvalue weighted by Crippen LogP contribution is -2.10. The number of hydrogen-bond donors (Lipinski definition) is 1. The Hall–Kier alpha value is -1.30. The molecule has 102 valence electrons. The van der Waals surface area contributed by atoms with Crippen molar-refractivity contribution < 1.29 is 22.3 Å². The molecule has 0 atom stereocenters. The maximum Gasteiger partial charge on any atom is 0.416 e. The smallest absolute Gasteiger partial charge is 0.383 e. The molecule has 0 amide bonds. The monoisotopic (exact) mass is 265 g/mol. The topological polar surface area (TPSA) is 21.3 Å². The van der Waals surface area contributed by atoms with Crippen molar-refractivity contribution in [3.8, 4) is 0 Å². The lowest BCUT2D eigenvalue weighted by Gasteiger charge is -2.11. The Balaban J connectivity index is 2.59. The molecule has 0 heterocycles. The minimum atomic E-state index is -4.46. The molecule has 0 aliphatic carbocycles. The van der Waals surface area contributed by atoms with Crippen LogP contribution in [0.15, 0.2) is 18.2 Å². The zero-order valence-electron chi connectivity index (χ0n) is 9.98. The van der Waals surface area contributed by atoms with Gasteiger partial charge in [0.1, 0.15) is 5.82 Å². The lowest BCUT2D eigenvalue weighted by molar-refractivity contribution is -0.137. The van der Waals surface area contributed by atoms with E-state index in [2.05, 4.69) is 5.32 Å². The van der Waals surface area contributed by atoms with Crippen LogP contribution >= 0.6 is 0 Å². The number of benzene rings is 1. The summed E-state index contributed by atoms with van der Waals surface area (Å²) in [6, 6.07) is 2.31. The first-order chi connectivity index (χ1) is 8.45. The van der Waals surface area contributed by atoms with Crippen LogP contribution in [0.25, 0.3) is 0 Å². The van der Waals surface area contributed by atoms with Crippen LogP contribution in [-0.2, 0) is 10.9 Å². The summed E-state index contributed by atoms with van der Waals surface area (Å²) in [7, 11) is 0. The van der Waals surface area contributed by atoms with Gasteiger partial charge in [0, 0.05) is 19.8 Å².